The van der Waals surface area contributed by atoms with Crippen LogP contribution in [0.2, 0.25) is 0 Å². The standard InChI is InChI=1S/2C6H8N2/c2*1-3-7-5-2-6-8(7)4-1/h2*1-3,6H,4-5H2. The highest BCUT2D eigenvalue weighted by Crippen LogP contribution is 2.13. The lowest BCUT2D eigenvalue weighted by molar-refractivity contribution is 0.148. The maximum absolute atomic E-state index is 2.18. The SMILES string of the molecule is C1=CN2CC=CN2C1.C1=CN2CC=CN2C1. The van der Waals surface area contributed by atoms with Crippen LogP contribution in [0.4, 0.5) is 0 Å². The van der Waals surface area contributed by atoms with Crippen LogP contribution >= 0.6 is 0 Å². The lowest BCUT2D eigenvalue weighted by Gasteiger charge is -2.19. The lowest BCUT2D eigenvalue weighted by Crippen LogP contribution is -2.25. The van der Waals surface area contributed by atoms with Gasteiger partial charge in [0, 0.05) is 24.8 Å². The van der Waals surface area contributed by atoms with E-state index in [1.165, 1.54) is 0 Å². The van der Waals surface area contributed by atoms with Crippen LogP contribution in [-0.2, 0) is 0 Å². The van der Waals surface area contributed by atoms with Gasteiger partial charge in [0.2, 0.25) is 0 Å². The van der Waals surface area contributed by atoms with Crippen LogP contribution in [0.15, 0.2) is 49.1 Å². The van der Waals surface area contributed by atoms with Gasteiger partial charge in [-0.05, 0) is 24.3 Å². The third-order valence-electron chi connectivity index (χ3n) is 2.94. The van der Waals surface area contributed by atoms with Crippen LogP contribution < -0.4 is 0 Å². The summed E-state index contributed by atoms with van der Waals surface area (Å²) in [6, 6.07) is 0. The highest BCUT2D eigenvalue weighted by atomic mass is 15.6. The molecule has 0 spiro atoms. The molecule has 0 atom stereocenters. The number of hydrazine groups is 2. The molecular weight excluding hydrogens is 200 g/mol. The number of fused-ring (bicyclic) bond motifs is 2. The zero-order valence-electron chi connectivity index (χ0n) is 9.24. The molecule has 4 nitrogen and oxygen atoms in total. The lowest BCUT2D eigenvalue weighted by atomic mass is 10.5. The summed E-state index contributed by atoms with van der Waals surface area (Å²) in [5.74, 6) is 0. The van der Waals surface area contributed by atoms with Crippen molar-refractivity contribution in [1.29, 1.82) is 0 Å². The van der Waals surface area contributed by atoms with Crippen molar-refractivity contribution in [3.05, 3.63) is 49.1 Å². The zero-order valence-corrected chi connectivity index (χ0v) is 9.24. The Morgan fingerprint density at radius 3 is 0.938 bits per heavy atom. The fourth-order valence-corrected chi connectivity index (χ4v) is 2.11. The zero-order chi connectivity index (χ0) is 10.8. The van der Waals surface area contributed by atoms with Gasteiger partial charge in [-0.15, -0.1) is 0 Å². The normalized spacial score (nSPS) is 23.0. The van der Waals surface area contributed by atoms with E-state index in [0.29, 0.717) is 0 Å². The van der Waals surface area contributed by atoms with Crippen LogP contribution in [-0.4, -0.2) is 46.2 Å². The molecule has 0 saturated carbocycles. The second-order valence-corrected chi connectivity index (χ2v) is 4.03. The summed E-state index contributed by atoms with van der Waals surface area (Å²) in [4.78, 5) is 0. The first-order chi connectivity index (χ1) is 7.93. The first-order valence-electron chi connectivity index (χ1n) is 5.66. The minimum Gasteiger partial charge on any atom is -0.289 e. The van der Waals surface area contributed by atoms with Crippen LogP contribution in [0.5, 0.6) is 0 Å². The van der Waals surface area contributed by atoms with E-state index in [2.05, 4.69) is 69.1 Å². The van der Waals surface area contributed by atoms with Gasteiger partial charge in [0.15, 0.2) is 0 Å². The maximum Gasteiger partial charge on any atom is 0.0587 e. The van der Waals surface area contributed by atoms with Crippen molar-refractivity contribution in [2.45, 2.75) is 0 Å². The van der Waals surface area contributed by atoms with Crippen molar-refractivity contribution in [1.82, 2.24) is 20.0 Å². The quantitative estimate of drug-likeness (QED) is 0.601. The first-order valence-corrected chi connectivity index (χ1v) is 5.66. The molecule has 0 unspecified atom stereocenters. The molecule has 4 aliphatic heterocycles. The molecular formula is C12H16N4. The Kier molecular flexibility index (Phi) is 2.33. The van der Waals surface area contributed by atoms with Crippen LogP contribution in [0, 0.1) is 0 Å². The molecule has 4 rings (SSSR count). The molecule has 0 aromatic carbocycles. The molecule has 16 heavy (non-hydrogen) atoms. The van der Waals surface area contributed by atoms with Gasteiger partial charge in [0.1, 0.15) is 0 Å². The summed E-state index contributed by atoms with van der Waals surface area (Å²) in [5.41, 5.74) is 0. The number of hydrogen-bond acceptors (Lipinski definition) is 4. The van der Waals surface area contributed by atoms with Gasteiger partial charge in [0.05, 0.1) is 26.2 Å². The minimum atomic E-state index is 1.05. The maximum atomic E-state index is 2.18. The Labute approximate surface area is 96.0 Å². The highest BCUT2D eigenvalue weighted by molar-refractivity contribution is 5.04. The topological polar surface area (TPSA) is 13.0 Å². The fraction of sp³-hybridized carbons (Fsp3) is 0.333. The average molecular weight is 216 g/mol. The minimum absolute atomic E-state index is 1.05. The molecule has 4 heterocycles. The molecule has 0 aromatic heterocycles. The van der Waals surface area contributed by atoms with Gasteiger partial charge in [-0.3, -0.25) is 20.0 Å². The number of nitrogens with zero attached hydrogens (tertiary/aromatic N) is 4. The van der Waals surface area contributed by atoms with Crippen molar-refractivity contribution in [2.75, 3.05) is 26.2 Å². The number of rotatable bonds is 0. The average Bonchev–Trinajstić information content (AvgIpc) is 2.99. The molecule has 0 bridgehead atoms. The monoisotopic (exact) mass is 216 g/mol. The molecule has 84 valence electrons. The van der Waals surface area contributed by atoms with Crippen molar-refractivity contribution < 1.29 is 0 Å². The van der Waals surface area contributed by atoms with Crippen molar-refractivity contribution in [2.24, 2.45) is 0 Å². The first kappa shape index (κ1) is 9.39. The van der Waals surface area contributed by atoms with Gasteiger partial charge in [-0.25, -0.2) is 0 Å². The third-order valence-corrected chi connectivity index (χ3v) is 2.94. The van der Waals surface area contributed by atoms with Crippen LogP contribution in [0.1, 0.15) is 0 Å². The predicted octanol–water partition coefficient (Wildman–Crippen LogP) is 1.12. The van der Waals surface area contributed by atoms with Crippen molar-refractivity contribution >= 4 is 0 Å². The smallest absolute Gasteiger partial charge is 0.0587 e. The van der Waals surface area contributed by atoms with E-state index < -0.39 is 0 Å². The fourth-order valence-electron chi connectivity index (χ4n) is 2.11. The summed E-state index contributed by atoms with van der Waals surface area (Å²) < 4.78 is 0. The molecule has 0 amide bonds. The summed E-state index contributed by atoms with van der Waals surface area (Å²) >= 11 is 0. The van der Waals surface area contributed by atoms with Crippen molar-refractivity contribution in [3.8, 4) is 0 Å². The largest absolute Gasteiger partial charge is 0.289 e. The predicted molar refractivity (Wildman–Crippen MR) is 63.4 cm³/mol. The molecule has 4 heteroatoms. The van der Waals surface area contributed by atoms with Gasteiger partial charge < -0.3 is 0 Å². The Morgan fingerprint density at radius 2 is 0.688 bits per heavy atom. The van der Waals surface area contributed by atoms with Gasteiger partial charge in [-0.1, -0.05) is 0 Å². The highest BCUT2D eigenvalue weighted by Gasteiger charge is 2.14. The van der Waals surface area contributed by atoms with E-state index in [4.69, 9.17) is 0 Å². The van der Waals surface area contributed by atoms with Gasteiger partial charge in [-0.2, -0.15) is 0 Å². The molecule has 0 radical (unpaired) electrons. The van der Waals surface area contributed by atoms with Gasteiger partial charge >= 0.3 is 0 Å². The molecule has 0 aliphatic carbocycles. The van der Waals surface area contributed by atoms with Crippen LogP contribution in [0.25, 0.3) is 0 Å². The van der Waals surface area contributed by atoms with E-state index in [0.717, 1.165) is 26.2 Å². The van der Waals surface area contributed by atoms with Gasteiger partial charge in [0.25, 0.3) is 0 Å². The second-order valence-electron chi connectivity index (χ2n) is 4.03. The van der Waals surface area contributed by atoms with Crippen LogP contribution in [0.3, 0.4) is 0 Å². The Bertz CT molecular complexity index is 297. The summed E-state index contributed by atoms with van der Waals surface area (Å²) in [6.07, 6.45) is 17.1. The molecule has 0 N–H and O–H groups in total. The van der Waals surface area contributed by atoms with E-state index in [1.807, 2.05) is 0 Å². The summed E-state index contributed by atoms with van der Waals surface area (Å²) in [6.45, 7) is 4.21. The molecule has 0 aromatic rings. The Balaban J connectivity index is 0.000000101. The Morgan fingerprint density at radius 1 is 0.438 bits per heavy atom. The van der Waals surface area contributed by atoms with E-state index in [9.17, 15) is 0 Å². The van der Waals surface area contributed by atoms with E-state index in [1.54, 1.807) is 0 Å². The molecule has 4 aliphatic rings. The summed E-state index contributed by atoms with van der Waals surface area (Å²) in [5, 5.41) is 8.72. The van der Waals surface area contributed by atoms with E-state index >= 15 is 0 Å². The van der Waals surface area contributed by atoms with Crippen molar-refractivity contribution in [3.63, 3.8) is 0 Å². The summed E-state index contributed by atoms with van der Waals surface area (Å²) in [7, 11) is 0. The Hall–Kier alpha value is -1.84. The third kappa shape index (κ3) is 1.66. The molecule has 0 saturated heterocycles. The van der Waals surface area contributed by atoms with E-state index in [-0.39, 0.29) is 0 Å². The molecule has 0 fully saturated rings. The number of hydrogen-bond donors (Lipinski definition) is 0. The second kappa shape index (κ2) is 3.96.